The highest BCUT2D eigenvalue weighted by Gasteiger charge is 2.33. The summed E-state index contributed by atoms with van der Waals surface area (Å²) in [7, 11) is 0. The van der Waals surface area contributed by atoms with Gasteiger partial charge in [-0.15, -0.1) is 0 Å². The lowest BCUT2D eigenvalue weighted by Crippen LogP contribution is -2.12. The van der Waals surface area contributed by atoms with Crippen molar-refractivity contribution in [1.82, 2.24) is 0 Å². The topological polar surface area (TPSA) is 0 Å². The van der Waals surface area contributed by atoms with Crippen LogP contribution in [-0.4, -0.2) is 0 Å². The number of hydrogen-bond donors (Lipinski definition) is 0. The normalized spacial score (nSPS) is 21.7. The number of benzene rings is 3. The summed E-state index contributed by atoms with van der Waals surface area (Å²) < 4.78 is 0. The number of fused-ring (bicyclic) bond motifs is 6. The molecule has 1 fully saturated rings. The lowest BCUT2D eigenvalue weighted by Gasteiger charge is -2.25. The van der Waals surface area contributed by atoms with Gasteiger partial charge in [-0.1, -0.05) is 85.6 Å². The average Bonchev–Trinajstić information content (AvgIpc) is 3.27. The van der Waals surface area contributed by atoms with Gasteiger partial charge < -0.3 is 0 Å². The molecule has 0 aliphatic heterocycles. The Morgan fingerprint density at radius 2 is 1.15 bits per heavy atom. The molecule has 0 saturated heterocycles. The fourth-order valence-electron chi connectivity index (χ4n) is 5.31. The van der Waals surface area contributed by atoms with Crippen molar-refractivity contribution in [2.45, 2.75) is 44.4 Å². The minimum absolute atomic E-state index is 0.921. The van der Waals surface area contributed by atoms with Crippen LogP contribution in [0.25, 0.3) is 11.1 Å². The maximum Gasteiger partial charge on any atom is -0.00135 e. The molecule has 0 amide bonds. The maximum absolute atomic E-state index is 2.35. The Morgan fingerprint density at radius 3 is 1.88 bits per heavy atom. The van der Waals surface area contributed by atoms with Crippen molar-refractivity contribution in [3.8, 4) is 11.1 Å². The Morgan fingerprint density at radius 1 is 0.577 bits per heavy atom. The predicted octanol–water partition coefficient (Wildman–Crippen LogP) is 6.77. The van der Waals surface area contributed by atoms with Crippen LogP contribution in [0, 0.1) is 5.92 Å². The Hall–Kier alpha value is -2.34. The second-order valence-electron chi connectivity index (χ2n) is 8.05. The fraction of sp³-hybridized carbons (Fsp3) is 0.308. The van der Waals surface area contributed by atoms with Crippen LogP contribution in [0.2, 0.25) is 0 Å². The third-order valence-corrected chi connectivity index (χ3v) is 6.55. The summed E-state index contributed by atoms with van der Waals surface area (Å²) in [6.45, 7) is 0. The van der Waals surface area contributed by atoms with E-state index in [0.29, 0.717) is 0 Å². The van der Waals surface area contributed by atoms with Crippen LogP contribution in [0.1, 0.15) is 53.9 Å². The van der Waals surface area contributed by atoms with E-state index in [4.69, 9.17) is 0 Å². The second-order valence-corrected chi connectivity index (χ2v) is 8.05. The minimum Gasteiger partial charge on any atom is -0.0620 e. The van der Waals surface area contributed by atoms with Gasteiger partial charge >= 0.3 is 0 Å². The molecule has 2 unspecified atom stereocenters. The summed E-state index contributed by atoms with van der Waals surface area (Å²) in [6, 6.07) is 26.4. The molecule has 0 bridgehead atoms. The Kier molecular flexibility index (Phi) is 4.13. The molecule has 0 heterocycles. The maximum atomic E-state index is 2.35. The molecule has 2 atom stereocenters. The lowest BCUT2D eigenvalue weighted by atomic mass is 9.80. The molecule has 0 spiro atoms. The lowest BCUT2D eigenvalue weighted by molar-refractivity contribution is 0.330. The predicted molar refractivity (Wildman–Crippen MR) is 110 cm³/mol. The summed E-state index contributed by atoms with van der Waals surface area (Å²) in [5.41, 5.74) is 9.06. The third kappa shape index (κ3) is 2.78. The van der Waals surface area contributed by atoms with Crippen LogP contribution in [0.4, 0.5) is 0 Å². The van der Waals surface area contributed by atoms with Crippen LogP contribution in [0.5, 0.6) is 0 Å². The number of hydrogen-bond acceptors (Lipinski definition) is 0. The molecule has 6 rings (SSSR count). The van der Waals surface area contributed by atoms with Crippen LogP contribution in [-0.2, 0) is 12.8 Å². The standard InChI is InChI=1S/C13H16.C13H10/c2*1-3-7-12-10(5-1)9-11-6-2-4-8-13(11)12/h1,3,5,7,11,13H,2,4,6,8-9H2;1-8H,9H2. The Balaban J connectivity index is 0.000000115. The SMILES string of the molecule is c1ccc2c(c1)CC1CCCCC21.c1ccc2c(c1)Cc1ccccc1-2. The van der Waals surface area contributed by atoms with Crippen molar-refractivity contribution in [3.63, 3.8) is 0 Å². The van der Waals surface area contributed by atoms with Crippen LogP contribution in [0.3, 0.4) is 0 Å². The first-order valence-corrected chi connectivity index (χ1v) is 10.1. The van der Waals surface area contributed by atoms with E-state index in [1.807, 2.05) is 0 Å². The van der Waals surface area contributed by atoms with Crippen molar-refractivity contribution in [2.75, 3.05) is 0 Å². The van der Waals surface area contributed by atoms with Crippen molar-refractivity contribution in [3.05, 3.63) is 95.1 Å². The van der Waals surface area contributed by atoms with Gasteiger partial charge in [0.1, 0.15) is 0 Å². The molecule has 0 aromatic heterocycles. The number of rotatable bonds is 0. The summed E-state index contributed by atoms with van der Waals surface area (Å²) in [5.74, 6) is 1.91. The molecule has 3 aromatic rings. The molecular formula is C26H26. The smallest absolute Gasteiger partial charge is 0.00135 e. The van der Waals surface area contributed by atoms with Crippen LogP contribution in [0.15, 0.2) is 72.8 Å². The monoisotopic (exact) mass is 338 g/mol. The van der Waals surface area contributed by atoms with Crippen LogP contribution < -0.4 is 0 Å². The molecular weight excluding hydrogens is 312 g/mol. The molecule has 130 valence electrons. The molecule has 0 nitrogen and oxygen atoms in total. The molecule has 3 aromatic carbocycles. The first-order chi connectivity index (χ1) is 12.9. The summed E-state index contributed by atoms with van der Waals surface area (Å²) in [5, 5.41) is 0. The third-order valence-electron chi connectivity index (χ3n) is 6.55. The van der Waals surface area contributed by atoms with E-state index in [9.17, 15) is 0 Å². The van der Waals surface area contributed by atoms with E-state index in [0.717, 1.165) is 18.3 Å². The van der Waals surface area contributed by atoms with Crippen molar-refractivity contribution < 1.29 is 0 Å². The van der Waals surface area contributed by atoms with Gasteiger partial charge in [-0.3, -0.25) is 0 Å². The van der Waals surface area contributed by atoms with Gasteiger partial charge in [-0.25, -0.2) is 0 Å². The van der Waals surface area contributed by atoms with Gasteiger partial charge in [0.05, 0.1) is 0 Å². The zero-order chi connectivity index (χ0) is 17.3. The molecule has 0 heteroatoms. The van der Waals surface area contributed by atoms with Gasteiger partial charge in [0.25, 0.3) is 0 Å². The Bertz CT molecular complexity index is 877. The van der Waals surface area contributed by atoms with Crippen molar-refractivity contribution in [1.29, 1.82) is 0 Å². The van der Waals surface area contributed by atoms with E-state index in [-0.39, 0.29) is 0 Å². The van der Waals surface area contributed by atoms with Gasteiger partial charge in [0, 0.05) is 0 Å². The first-order valence-electron chi connectivity index (χ1n) is 10.1. The summed E-state index contributed by atoms with van der Waals surface area (Å²) >= 11 is 0. The quantitative estimate of drug-likeness (QED) is 0.332. The molecule has 26 heavy (non-hydrogen) atoms. The molecule has 0 N–H and O–H groups in total. The average molecular weight is 338 g/mol. The zero-order valence-electron chi connectivity index (χ0n) is 15.3. The highest BCUT2D eigenvalue weighted by molar-refractivity contribution is 5.76. The van der Waals surface area contributed by atoms with E-state index in [1.54, 1.807) is 11.1 Å². The molecule has 3 aliphatic carbocycles. The molecule has 3 aliphatic rings. The largest absolute Gasteiger partial charge is 0.0620 e. The fourth-order valence-corrected chi connectivity index (χ4v) is 5.31. The highest BCUT2D eigenvalue weighted by Crippen LogP contribution is 2.46. The summed E-state index contributed by atoms with van der Waals surface area (Å²) in [4.78, 5) is 0. The van der Waals surface area contributed by atoms with Gasteiger partial charge in [0.15, 0.2) is 0 Å². The zero-order valence-corrected chi connectivity index (χ0v) is 15.3. The van der Waals surface area contributed by atoms with E-state index >= 15 is 0 Å². The second kappa shape index (κ2) is 6.76. The summed E-state index contributed by atoms with van der Waals surface area (Å²) in [6.07, 6.45) is 8.30. The first kappa shape index (κ1) is 15.9. The van der Waals surface area contributed by atoms with Gasteiger partial charge in [-0.2, -0.15) is 0 Å². The Labute approximate surface area is 156 Å². The van der Waals surface area contributed by atoms with Crippen LogP contribution >= 0.6 is 0 Å². The molecule has 0 radical (unpaired) electrons. The van der Waals surface area contributed by atoms with E-state index in [1.165, 1.54) is 54.4 Å². The highest BCUT2D eigenvalue weighted by atomic mass is 14.4. The molecule has 1 saturated carbocycles. The van der Waals surface area contributed by atoms with Crippen molar-refractivity contribution >= 4 is 0 Å². The van der Waals surface area contributed by atoms with E-state index < -0.39 is 0 Å². The van der Waals surface area contributed by atoms with E-state index in [2.05, 4.69) is 72.8 Å². The van der Waals surface area contributed by atoms with Gasteiger partial charge in [0.2, 0.25) is 0 Å². The van der Waals surface area contributed by atoms with Gasteiger partial charge in [-0.05, 0) is 70.9 Å². The minimum atomic E-state index is 0.921. The van der Waals surface area contributed by atoms with Crippen molar-refractivity contribution in [2.24, 2.45) is 5.92 Å².